The van der Waals surface area contributed by atoms with Gasteiger partial charge in [-0.2, -0.15) is 0 Å². The Bertz CT molecular complexity index is 1480. The van der Waals surface area contributed by atoms with Gasteiger partial charge in [0.25, 0.3) is 7.82 Å². The first-order valence-electron chi connectivity index (χ1n) is 13.2. The first kappa shape index (κ1) is 60.9. The van der Waals surface area contributed by atoms with E-state index in [0.717, 1.165) is 0 Å². The van der Waals surface area contributed by atoms with Gasteiger partial charge in [-0.3, -0.25) is 18.9 Å². The summed E-state index contributed by atoms with van der Waals surface area (Å²) >= 11 is 0. The largest absolute Gasteiger partial charge is 1.00 e. The molecular weight excluding hydrogens is 807 g/mol. The summed E-state index contributed by atoms with van der Waals surface area (Å²) in [5.74, 6) is -9.92. The standard InChI is InChI=1S/2C6H8O7.C6H12O6.C5H5N5.2Na.H3O4P/c2*7-3(8)1-6(13,5(11)12)2-4(9)10;7-1-3(9)5(11)6(12)4(10)2-8;6-4-3-5(9-1-7-3)10-2-8-4;;;1-5(2,3)4/h2*13H,1-2H2,(H,7,8)(H,9,10)(H,11,12);1,3-6,8-12H,2H2;1-2H,(H3,6,7,8,9,10);;;(H3,1,2,3,4)/q;;;;2*+1;/p-2. The number of anilines is 1. The van der Waals surface area contributed by atoms with Gasteiger partial charge in [0.05, 0.1) is 32.2 Å². The second-order valence-electron chi connectivity index (χ2n) is 9.64. The van der Waals surface area contributed by atoms with Crippen molar-refractivity contribution < 1.29 is 178 Å². The summed E-state index contributed by atoms with van der Waals surface area (Å²) in [4.78, 5) is 108. The number of carboxylic acids is 6. The third-order valence-corrected chi connectivity index (χ3v) is 5.24. The van der Waals surface area contributed by atoms with Crippen molar-refractivity contribution in [1.29, 1.82) is 0 Å². The molecule has 0 saturated heterocycles. The molecule has 55 heavy (non-hydrogen) atoms. The molecule has 0 radical (unpaired) electrons. The number of nitrogen functional groups attached to an aromatic ring is 1. The molecule has 2 aromatic rings. The molecule has 2 heterocycles. The number of fused-ring (bicyclic) bond motifs is 1. The van der Waals surface area contributed by atoms with E-state index in [0.29, 0.717) is 17.0 Å². The molecule has 32 heteroatoms. The van der Waals surface area contributed by atoms with Crippen LogP contribution in [-0.4, -0.2) is 175 Å². The zero-order chi connectivity index (χ0) is 42.5. The molecule has 2 aromatic heterocycles. The van der Waals surface area contributed by atoms with Crippen LogP contribution in [0.25, 0.3) is 11.2 Å². The molecule has 5 atom stereocenters. The molecule has 0 saturated carbocycles. The summed E-state index contributed by atoms with van der Waals surface area (Å²) in [6, 6.07) is 0. The number of nitrogens with zero attached hydrogens (tertiary/aromatic N) is 3. The van der Waals surface area contributed by atoms with Gasteiger partial charge in [0.15, 0.2) is 29.0 Å². The van der Waals surface area contributed by atoms with Crippen molar-refractivity contribution in [2.75, 3.05) is 12.3 Å². The van der Waals surface area contributed by atoms with Gasteiger partial charge in [-0.05, 0) is 0 Å². The van der Waals surface area contributed by atoms with Crippen molar-refractivity contribution in [3.63, 3.8) is 0 Å². The summed E-state index contributed by atoms with van der Waals surface area (Å²) in [6.45, 7) is -0.760. The number of H-pyrrole nitrogens is 1. The Morgan fingerprint density at radius 1 is 0.800 bits per heavy atom. The number of rotatable bonds is 15. The van der Waals surface area contributed by atoms with E-state index in [4.69, 9.17) is 86.3 Å². The van der Waals surface area contributed by atoms with Crippen LogP contribution in [0.3, 0.4) is 0 Å². The Kier molecular flexibility index (Phi) is 32.1. The third kappa shape index (κ3) is 28.7. The molecule has 0 aliphatic carbocycles. The predicted molar refractivity (Wildman–Crippen MR) is 157 cm³/mol. The smallest absolute Gasteiger partial charge is 0.756 e. The van der Waals surface area contributed by atoms with Crippen LogP contribution in [0, 0.1) is 0 Å². The van der Waals surface area contributed by atoms with E-state index < -0.39 is 112 Å². The topological polar surface area (TPSA) is 546 Å². The van der Waals surface area contributed by atoms with Gasteiger partial charge >= 0.3 is 89.0 Å². The van der Waals surface area contributed by atoms with E-state index in [1.54, 1.807) is 0 Å². The summed E-state index contributed by atoms with van der Waals surface area (Å²) in [6.07, 6.45) is -8.64. The van der Waals surface area contributed by atoms with Gasteiger partial charge in [0, 0.05) is 12.4 Å². The fraction of sp³-hybridized carbons (Fsp3) is 0.478. The maximum absolute atomic E-state index is 10.3. The fourth-order valence-corrected chi connectivity index (χ4v) is 2.82. The van der Waals surface area contributed by atoms with Crippen molar-refractivity contribution in [3.8, 4) is 0 Å². The molecule has 29 nitrogen and oxygen atoms in total. The Hall–Kier alpha value is -3.33. The first-order valence-corrected chi connectivity index (χ1v) is 14.7. The van der Waals surface area contributed by atoms with Crippen molar-refractivity contribution >= 4 is 66.9 Å². The molecule has 0 spiro atoms. The number of carboxylic acid groups (broad SMARTS) is 6. The zero-order valence-corrected chi connectivity index (χ0v) is 33.2. The number of aromatic amines is 1. The van der Waals surface area contributed by atoms with Gasteiger partial charge in [-0.15, -0.1) is 0 Å². The fourth-order valence-electron chi connectivity index (χ4n) is 2.82. The van der Waals surface area contributed by atoms with E-state index in [9.17, 15) is 38.7 Å². The van der Waals surface area contributed by atoms with Crippen LogP contribution in [0.1, 0.15) is 25.7 Å². The number of aliphatic hydroxyl groups excluding tert-OH is 5. The molecule has 2 rings (SSSR count). The van der Waals surface area contributed by atoms with E-state index in [1.807, 2.05) is 0 Å². The average Bonchev–Trinajstić information content (AvgIpc) is 3.48. The van der Waals surface area contributed by atoms with Crippen LogP contribution in [0.2, 0.25) is 0 Å². The van der Waals surface area contributed by atoms with Gasteiger partial charge in [-0.25, -0.2) is 24.5 Å². The number of carbonyl (C=O) groups is 7. The van der Waals surface area contributed by atoms with Gasteiger partial charge < -0.3 is 101 Å². The maximum Gasteiger partial charge on any atom is 1.00 e. The number of nitrogens with one attached hydrogen (secondary N) is 1. The van der Waals surface area contributed by atoms with Gasteiger partial charge in [0.1, 0.15) is 36.3 Å². The van der Waals surface area contributed by atoms with E-state index in [-0.39, 0.29) is 65.4 Å². The second-order valence-corrected chi connectivity index (χ2v) is 10.6. The SMILES string of the molecule is Nc1ncnc2nc[nH]c12.O=C(O)CC(O)(CC(=O)O)C(=O)O.O=C([O-])CC(O)(CC(=O)O)C(=O)O.O=CC(O)C(O)C(O)C(O)CO.O=P([O-])(O)O.[Na+].[Na+]. The summed E-state index contributed by atoms with van der Waals surface area (Å²) in [5.41, 5.74) is 1.24. The van der Waals surface area contributed by atoms with Crippen LogP contribution in [0.4, 0.5) is 5.82 Å². The van der Waals surface area contributed by atoms with E-state index in [2.05, 4.69) is 19.9 Å². The first-order chi connectivity index (χ1) is 24.0. The molecule has 302 valence electrons. The van der Waals surface area contributed by atoms with Crippen molar-refractivity contribution in [1.82, 2.24) is 19.9 Å². The van der Waals surface area contributed by atoms with Crippen LogP contribution < -0.4 is 74.8 Å². The Morgan fingerprint density at radius 2 is 1.18 bits per heavy atom. The summed E-state index contributed by atoms with van der Waals surface area (Å²) in [5, 5.41) is 113. The number of aromatic nitrogens is 4. The van der Waals surface area contributed by atoms with Crippen LogP contribution >= 0.6 is 7.82 Å². The normalized spacial score (nSPS) is 13.6. The van der Waals surface area contributed by atoms with Crippen LogP contribution in [-0.2, 0) is 38.1 Å². The molecule has 0 amide bonds. The average molecular weight is 841 g/mol. The second kappa shape index (κ2) is 29.0. The van der Waals surface area contributed by atoms with Crippen molar-refractivity contribution in [2.24, 2.45) is 0 Å². The molecule has 0 fully saturated rings. The van der Waals surface area contributed by atoms with Gasteiger partial charge in [0.2, 0.25) is 0 Å². The van der Waals surface area contributed by atoms with E-state index in [1.165, 1.54) is 12.7 Å². The number of hydrogen-bond donors (Lipinski definition) is 16. The number of aldehydes is 1. The number of imidazole rings is 1. The van der Waals surface area contributed by atoms with Crippen LogP contribution in [0.5, 0.6) is 0 Å². The number of phosphoric acid groups is 1. The summed E-state index contributed by atoms with van der Waals surface area (Å²) < 4.78 is 8.77. The quantitative estimate of drug-likeness (QED) is 0.0450. The third-order valence-electron chi connectivity index (χ3n) is 5.24. The minimum atomic E-state index is -4.89. The molecular formula is C23H34N5Na2O24P. The molecule has 0 bridgehead atoms. The molecule has 5 unspecified atom stereocenters. The number of carbonyl (C=O) groups excluding carboxylic acids is 2. The number of aliphatic carboxylic acids is 6. The molecule has 17 N–H and O–H groups in total. The monoisotopic (exact) mass is 841 g/mol. The van der Waals surface area contributed by atoms with Crippen molar-refractivity contribution in [3.05, 3.63) is 12.7 Å². The minimum Gasteiger partial charge on any atom is -0.756 e. The zero-order valence-electron chi connectivity index (χ0n) is 28.3. The number of nitrogens with two attached hydrogens (primary N) is 1. The maximum atomic E-state index is 10.3. The van der Waals surface area contributed by atoms with E-state index >= 15 is 0 Å². The Balaban J connectivity index is -0.000000192. The minimum absolute atomic E-state index is 0. The Labute approximate surface area is 349 Å². The molecule has 0 aliphatic rings. The Morgan fingerprint density at radius 3 is 1.47 bits per heavy atom. The number of hydrogen-bond acceptors (Lipinski definition) is 21. The molecule has 0 aliphatic heterocycles. The number of aliphatic hydroxyl groups is 7. The summed E-state index contributed by atoms with van der Waals surface area (Å²) in [7, 11) is -4.89. The van der Waals surface area contributed by atoms with Crippen molar-refractivity contribution in [2.45, 2.75) is 61.3 Å². The van der Waals surface area contributed by atoms with Gasteiger partial charge in [-0.1, -0.05) is 0 Å². The predicted octanol–water partition coefficient (Wildman–Crippen LogP) is -14.8. The van der Waals surface area contributed by atoms with Crippen LogP contribution in [0.15, 0.2) is 12.7 Å². The molecule has 0 aromatic carbocycles.